The van der Waals surface area contributed by atoms with Crippen molar-refractivity contribution in [3.63, 3.8) is 0 Å². The molecule has 152 valence electrons. The molecule has 0 aromatic heterocycles. The molecule has 0 aliphatic rings. The molecule has 2 aromatic carbocycles. The molecule has 2 aromatic rings. The van der Waals surface area contributed by atoms with Gasteiger partial charge in [0, 0.05) is 9.79 Å². The molecule has 3 N–H and O–H groups in total. The van der Waals surface area contributed by atoms with E-state index in [1.165, 1.54) is 12.1 Å². The van der Waals surface area contributed by atoms with Crippen LogP contribution in [0.25, 0.3) is 0 Å². The maximum absolute atomic E-state index is 12.7. The Morgan fingerprint density at radius 2 is 1.59 bits per heavy atom. The fourth-order valence-electron chi connectivity index (χ4n) is 2.09. The van der Waals surface area contributed by atoms with E-state index in [4.69, 9.17) is 0 Å². The standard InChI is InChI=1S/C18H18N4O6S/c1-27-17(24)21-16(22-18(25)28-2)20-14-9-8-13(10-15(14)19-11-23)29(26)12-6-4-3-5-7-12/h3-11H,1-2H3,(H,19,23)(H2,20,21,22,24,25). The van der Waals surface area contributed by atoms with E-state index >= 15 is 0 Å². The van der Waals surface area contributed by atoms with E-state index in [-0.39, 0.29) is 17.3 Å². The van der Waals surface area contributed by atoms with E-state index in [0.717, 1.165) is 14.2 Å². The number of ether oxygens (including phenoxy) is 2. The quantitative estimate of drug-likeness (QED) is 0.387. The Labute approximate surface area is 168 Å². The molecule has 1 atom stereocenters. The highest BCUT2D eigenvalue weighted by molar-refractivity contribution is 7.85. The summed E-state index contributed by atoms with van der Waals surface area (Å²) < 4.78 is 21.7. The van der Waals surface area contributed by atoms with Gasteiger partial charge in [0.2, 0.25) is 12.4 Å². The Balaban J connectivity index is 2.42. The largest absolute Gasteiger partial charge is 0.453 e. The molecular weight excluding hydrogens is 400 g/mol. The summed E-state index contributed by atoms with van der Waals surface area (Å²) in [6.45, 7) is 0. The summed E-state index contributed by atoms with van der Waals surface area (Å²) in [5.41, 5.74) is 0.381. The number of nitrogens with zero attached hydrogens (tertiary/aromatic N) is 1. The molecule has 0 aliphatic carbocycles. The van der Waals surface area contributed by atoms with Gasteiger partial charge in [0.15, 0.2) is 0 Å². The van der Waals surface area contributed by atoms with Crippen molar-refractivity contribution in [1.29, 1.82) is 0 Å². The molecule has 0 radical (unpaired) electrons. The average molecular weight is 418 g/mol. The maximum Gasteiger partial charge on any atom is 0.413 e. The molecule has 0 fully saturated rings. The first-order valence-electron chi connectivity index (χ1n) is 8.08. The van der Waals surface area contributed by atoms with Gasteiger partial charge in [0.1, 0.15) is 0 Å². The van der Waals surface area contributed by atoms with Crippen molar-refractivity contribution >= 4 is 46.7 Å². The topological polar surface area (TPSA) is 135 Å². The van der Waals surface area contributed by atoms with Gasteiger partial charge in [-0.3, -0.25) is 15.4 Å². The lowest BCUT2D eigenvalue weighted by Crippen LogP contribution is -2.43. The summed E-state index contributed by atoms with van der Waals surface area (Å²) >= 11 is 0. The molecule has 10 nitrogen and oxygen atoms in total. The van der Waals surface area contributed by atoms with Crippen LogP contribution in [0.2, 0.25) is 0 Å². The number of rotatable bonds is 5. The fraction of sp³-hybridized carbons (Fsp3) is 0.111. The molecule has 29 heavy (non-hydrogen) atoms. The van der Waals surface area contributed by atoms with Crippen molar-refractivity contribution in [2.45, 2.75) is 9.79 Å². The van der Waals surface area contributed by atoms with Gasteiger partial charge in [-0.05, 0) is 30.3 Å². The summed E-state index contributed by atoms with van der Waals surface area (Å²) in [7, 11) is 0.788. The lowest BCUT2D eigenvalue weighted by molar-refractivity contribution is -0.105. The van der Waals surface area contributed by atoms with Gasteiger partial charge in [-0.1, -0.05) is 18.2 Å². The van der Waals surface area contributed by atoms with Gasteiger partial charge in [0.05, 0.1) is 36.4 Å². The van der Waals surface area contributed by atoms with Crippen molar-refractivity contribution < 1.29 is 28.1 Å². The Kier molecular flexibility index (Phi) is 7.86. The van der Waals surface area contributed by atoms with Gasteiger partial charge in [0.25, 0.3) is 0 Å². The molecule has 11 heteroatoms. The Morgan fingerprint density at radius 1 is 0.966 bits per heavy atom. The van der Waals surface area contributed by atoms with Crippen LogP contribution in [-0.4, -0.2) is 43.0 Å². The monoisotopic (exact) mass is 418 g/mol. The number of amides is 3. The van der Waals surface area contributed by atoms with Crippen LogP contribution >= 0.6 is 0 Å². The Morgan fingerprint density at radius 3 is 2.14 bits per heavy atom. The number of hydrogen-bond donors (Lipinski definition) is 3. The van der Waals surface area contributed by atoms with Crippen LogP contribution in [0.5, 0.6) is 0 Å². The summed E-state index contributed by atoms with van der Waals surface area (Å²) in [6.07, 6.45) is -1.34. The molecular formula is C18H18N4O6S. The SMILES string of the molecule is COC(=O)NC(=Nc1ccc(S(=O)c2ccccc2)cc1NC=O)NC(=O)OC. The van der Waals surface area contributed by atoms with E-state index in [0.29, 0.717) is 16.2 Å². The van der Waals surface area contributed by atoms with E-state index in [9.17, 15) is 18.6 Å². The van der Waals surface area contributed by atoms with Crippen molar-refractivity contribution in [3.8, 4) is 0 Å². The molecule has 0 heterocycles. The normalized spacial score (nSPS) is 10.8. The van der Waals surface area contributed by atoms with Crippen LogP contribution in [-0.2, 0) is 25.1 Å². The van der Waals surface area contributed by atoms with Gasteiger partial charge >= 0.3 is 12.2 Å². The molecule has 0 saturated heterocycles. The van der Waals surface area contributed by atoms with Gasteiger partial charge in [-0.25, -0.2) is 18.8 Å². The minimum Gasteiger partial charge on any atom is -0.453 e. The predicted octanol–water partition coefficient (Wildman–Crippen LogP) is 2.12. The third-order valence-corrected chi connectivity index (χ3v) is 4.78. The summed E-state index contributed by atoms with van der Waals surface area (Å²) in [5, 5.41) is 6.88. The second-order valence-corrected chi connectivity index (χ2v) is 6.70. The van der Waals surface area contributed by atoms with Gasteiger partial charge in [-0.15, -0.1) is 0 Å². The van der Waals surface area contributed by atoms with E-state index in [1.807, 2.05) is 6.07 Å². The minimum absolute atomic E-state index is 0.175. The van der Waals surface area contributed by atoms with Gasteiger partial charge in [-0.2, -0.15) is 0 Å². The number of benzene rings is 2. The molecule has 0 saturated carbocycles. The smallest absolute Gasteiger partial charge is 0.413 e. The number of methoxy groups -OCH3 is 2. The zero-order valence-electron chi connectivity index (χ0n) is 15.5. The van der Waals surface area contributed by atoms with Crippen LogP contribution in [0, 0.1) is 0 Å². The van der Waals surface area contributed by atoms with E-state index < -0.39 is 23.0 Å². The lowest BCUT2D eigenvalue weighted by atomic mass is 10.2. The predicted molar refractivity (Wildman–Crippen MR) is 105 cm³/mol. The first-order valence-corrected chi connectivity index (χ1v) is 9.23. The second kappa shape index (κ2) is 10.6. The highest BCUT2D eigenvalue weighted by atomic mass is 32.2. The van der Waals surface area contributed by atoms with E-state index in [2.05, 4.69) is 30.4 Å². The number of guanidine groups is 1. The average Bonchev–Trinajstić information content (AvgIpc) is 2.74. The highest BCUT2D eigenvalue weighted by Crippen LogP contribution is 2.29. The van der Waals surface area contributed by atoms with Crippen LogP contribution in [0.15, 0.2) is 63.3 Å². The van der Waals surface area contributed by atoms with Gasteiger partial charge < -0.3 is 14.8 Å². The lowest BCUT2D eigenvalue weighted by Gasteiger charge is -2.11. The molecule has 0 spiro atoms. The summed E-state index contributed by atoms with van der Waals surface area (Å²) in [6, 6.07) is 13.3. The molecule has 2 rings (SSSR count). The molecule has 0 bridgehead atoms. The first kappa shape index (κ1) is 21.6. The number of anilines is 1. The number of hydrogen-bond acceptors (Lipinski definition) is 7. The second-order valence-electron chi connectivity index (χ2n) is 5.22. The Hall–Kier alpha value is -3.73. The van der Waals surface area contributed by atoms with Crippen molar-refractivity contribution in [3.05, 3.63) is 48.5 Å². The zero-order chi connectivity index (χ0) is 21.2. The summed E-state index contributed by atoms with van der Waals surface area (Å²) in [4.78, 5) is 39.0. The summed E-state index contributed by atoms with van der Waals surface area (Å²) in [5.74, 6) is -0.297. The number of nitrogens with one attached hydrogen (secondary N) is 3. The number of alkyl carbamates (subject to hydrolysis) is 2. The van der Waals surface area contributed by atoms with Crippen molar-refractivity contribution in [2.24, 2.45) is 4.99 Å². The van der Waals surface area contributed by atoms with Crippen LogP contribution in [0.1, 0.15) is 0 Å². The van der Waals surface area contributed by atoms with Crippen molar-refractivity contribution in [1.82, 2.24) is 10.6 Å². The fourth-order valence-corrected chi connectivity index (χ4v) is 3.18. The molecule has 1 unspecified atom stereocenters. The number of aliphatic imine (C=N–C) groups is 1. The molecule has 0 aliphatic heterocycles. The first-order chi connectivity index (χ1) is 14.0. The van der Waals surface area contributed by atoms with Crippen LogP contribution in [0.4, 0.5) is 21.0 Å². The van der Waals surface area contributed by atoms with Crippen molar-refractivity contribution in [2.75, 3.05) is 19.5 Å². The maximum atomic E-state index is 12.7. The number of carbonyl (C=O) groups excluding carboxylic acids is 3. The highest BCUT2D eigenvalue weighted by Gasteiger charge is 2.14. The van der Waals surface area contributed by atoms with Crippen LogP contribution < -0.4 is 16.0 Å². The Bertz CT molecular complexity index is 929. The third-order valence-electron chi connectivity index (χ3n) is 3.40. The van der Waals surface area contributed by atoms with E-state index in [1.54, 1.807) is 30.3 Å². The third kappa shape index (κ3) is 6.14. The minimum atomic E-state index is -1.49. The van der Waals surface area contributed by atoms with Crippen LogP contribution in [0.3, 0.4) is 0 Å². The zero-order valence-corrected chi connectivity index (χ0v) is 16.3. The molecule has 3 amide bonds. The number of carbonyl (C=O) groups is 3.